The SMILES string of the molecule is c1ccc(-n2c3ccccc3c3ccc4cc5ccn(-c6ccc(-c7ccccn7)cc6)c5cc4c32)cc1. The number of pyridine rings is 1. The topological polar surface area (TPSA) is 22.8 Å². The van der Waals surface area contributed by atoms with Crippen LogP contribution < -0.4 is 0 Å². The lowest BCUT2D eigenvalue weighted by molar-refractivity contribution is 1.13. The molecule has 178 valence electrons. The van der Waals surface area contributed by atoms with Crippen molar-refractivity contribution in [1.29, 1.82) is 0 Å². The van der Waals surface area contributed by atoms with Crippen LogP contribution in [0, 0.1) is 0 Å². The molecule has 8 aromatic rings. The third-order valence-electron chi connectivity index (χ3n) is 7.58. The van der Waals surface area contributed by atoms with E-state index in [0.717, 1.165) is 16.9 Å². The van der Waals surface area contributed by atoms with Crippen LogP contribution in [0.4, 0.5) is 0 Å². The molecule has 38 heavy (non-hydrogen) atoms. The molecule has 3 aromatic heterocycles. The van der Waals surface area contributed by atoms with Crippen molar-refractivity contribution < 1.29 is 0 Å². The summed E-state index contributed by atoms with van der Waals surface area (Å²) in [5.41, 5.74) is 8.07. The fourth-order valence-electron chi connectivity index (χ4n) is 5.81. The van der Waals surface area contributed by atoms with Gasteiger partial charge in [0.25, 0.3) is 0 Å². The molecule has 0 bridgehead atoms. The maximum absolute atomic E-state index is 4.50. The average molecular weight is 486 g/mol. The van der Waals surface area contributed by atoms with Gasteiger partial charge >= 0.3 is 0 Å². The summed E-state index contributed by atoms with van der Waals surface area (Å²) in [7, 11) is 0. The fourth-order valence-corrected chi connectivity index (χ4v) is 5.81. The summed E-state index contributed by atoms with van der Waals surface area (Å²) in [5, 5.41) is 6.27. The number of rotatable bonds is 3. The molecule has 3 heteroatoms. The molecule has 0 radical (unpaired) electrons. The van der Waals surface area contributed by atoms with Gasteiger partial charge in [0.15, 0.2) is 0 Å². The highest BCUT2D eigenvalue weighted by Gasteiger charge is 2.16. The number of aromatic nitrogens is 3. The van der Waals surface area contributed by atoms with E-state index in [1.165, 1.54) is 49.2 Å². The first-order valence-electron chi connectivity index (χ1n) is 12.9. The van der Waals surface area contributed by atoms with Crippen LogP contribution in [0.5, 0.6) is 0 Å². The lowest BCUT2D eigenvalue weighted by Gasteiger charge is -2.11. The number of para-hydroxylation sites is 2. The third kappa shape index (κ3) is 3.12. The van der Waals surface area contributed by atoms with E-state index in [1.54, 1.807) is 0 Å². The summed E-state index contributed by atoms with van der Waals surface area (Å²) in [5.74, 6) is 0. The lowest BCUT2D eigenvalue weighted by atomic mass is 10.0. The zero-order valence-corrected chi connectivity index (χ0v) is 20.6. The van der Waals surface area contributed by atoms with E-state index in [-0.39, 0.29) is 0 Å². The number of hydrogen-bond acceptors (Lipinski definition) is 1. The molecular formula is C35H23N3. The molecule has 8 rings (SSSR count). The Hall–Kier alpha value is -5.15. The molecule has 0 aliphatic carbocycles. The van der Waals surface area contributed by atoms with E-state index in [4.69, 9.17) is 0 Å². The van der Waals surface area contributed by atoms with Gasteiger partial charge in [0, 0.05) is 50.9 Å². The van der Waals surface area contributed by atoms with Gasteiger partial charge in [-0.15, -0.1) is 0 Å². The Morgan fingerprint density at radius 2 is 1.32 bits per heavy atom. The van der Waals surface area contributed by atoms with Crippen molar-refractivity contribution in [2.24, 2.45) is 0 Å². The highest BCUT2D eigenvalue weighted by atomic mass is 15.0. The second kappa shape index (κ2) is 8.19. The molecule has 0 unspecified atom stereocenters. The molecule has 0 saturated carbocycles. The Morgan fingerprint density at radius 1 is 0.500 bits per heavy atom. The van der Waals surface area contributed by atoms with E-state index in [9.17, 15) is 0 Å². The summed E-state index contributed by atoms with van der Waals surface area (Å²) >= 11 is 0. The standard InChI is InChI=1S/C35H23N3/c1-2-8-28(9-3-1)38-33-12-5-4-10-29(33)30-18-15-25-22-26-19-21-37(34(26)23-31(25)35(30)38)27-16-13-24(14-17-27)32-11-6-7-20-36-32/h1-23H. The summed E-state index contributed by atoms with van der Waals surface area (Å²) in [6.07, 6.45) is 4.01. The van der Waals surface area contributed by atoms with E-state index in [1.807, 2.05) is 24.4 Å². The maximum atomic E-state index is 4.50. The molecular weight excluding hydrogens is 462 g/mol. The van der Waals surface area contributed by atoms with Crippen molar-refractivity contribution in [2.45, 2.75) is 0 Å². The van der Waals surface area contributed by atoms with E-state index in [2.05, 4.69) is 130 Å². The Labute approximate surface area is 219 Å². The van der Waals surface area contributed by atoms with Crippen molar-refractivity contribution in [3.63, 3.8) is 0 Å². The number of fused-ring (bicyclic) bond motifs is 6. The highest BCUT2D eigenvalue weighted by Crippen LogP contribution is 2.38. The van der Waals surface area contributed by atoms with Crippen LogP contribution in [0.25, 0.3) is 66.1 Å². The Morgan fingerprint density at radius 3 is 2.16 bits per heavy atom. The van der Waals surface area contributed by atoms with Crippen LogP contribution in [0.3, 0.4) is 0 Å². The zero-order chi connectivity index (χ0) is 25.1. The average Bonchev–Trinajstić information content (AvgIpc) is 3.56. The smallest absolute Gasteiger partial charge is 0.0701 e. The van der Waals surface area contributed by atoms with Crippen LogP contribution in [0.15, 0.2) is 140 Å². The normalized spacial score (nSPS) is 11.7. The molecule has 0 aliphatic rings. The van der Waals surface area contributed by atoms with E-state index < -0.39 is 0 Å². The molecule has 5 aromatic carbocycles. The molecule has 0 amide bonds. The van der Waals surface area contributed by atoms with Gasteiger partial charge in [0.2, 0.25) is 0 Å². The minimum Gasteiger partial charge on any atom is -0.317 e. The Kier molecular flexibility index (Phi) is 4.52. The van der Waals surface area contributed by atoms with Gasteiger partial charge in [-0.25, -0.2) is 0 Å². The highest BCUT2D eigenvalue weighted by molar-refractivity contribution is 6.20. The van der Waals surface area contributed by atoms with Crippen molar-refractivity contribution in [3.8, 4) is 22.6 Å². The van der Waals surface area contributed by atoms with Crippen LogP contribution in [-0.2, 0) is 0 Å². The van der Waals surface area contributed by atoms with Gasteiger partial charge in [0.1, 0.15) is 0 Å². The van der Waals surface area contributed by atoms with Gasteiger partial charge in [-0.1, -0.05) is 66.7 Å². The van der Waals surface area contributed by atoms with E-state index in [0.29, 0.717) is 0 Å². The van der Waals surface area contributed by atoms with Crippen LogP contribution in [-0.4, -0.2) is 14.1 Å². The number of benzene rings is 5. The summed E-state index contributed by atoms with van der Waals surface area (Å²) < 4.78 is 4.69. The first-order valence-corrected chi connectivity index (χ1v) is 12.9. The first-order chi connectivity index (χ1) is 18.8. The minimum atomic E-state index is 0.985. The fraction of sp³-hybridized carbons (Fsp3) is 0. The molecule has 0 saturated heterocycles. The van der Waals surface area contributed by atoms with Crippen molar-refractivity contribution in [3.05, 3.63) is 140 Å². The monoisotopic (exact) mass is 485 g/mol. The first kappa shape index (κ1) is 21.0. The van der Waals surface area contributed by atoms with Gasteiger partial charge in [-0.3, -0.25) is 4.98 Å². The third-order valence-corrected chi connectivity index (χ3v) is 7.58. The predicted molar refractivity (Wildman–Crippen MR) is 158 cm³/mol. The summed E-state index contributed by atoms with van der Waals surface area (Å²) in [6.45, 7) is 0. The molecule has 0 aliphatic heterocycles. The molecule has 0 N–H and O–H groups in total. The summed E-state index contributed by atoms with van der Waals surface area (Å²) in [4.78, 5) is 4.50. The lowest BCUT2D eigenvalue weighted by Crippen LogP contribution is -1.95. The van der Waals surface area contributed by atoms with Crippen molar-refractivity contribution in [1.82, 2.24) is 14.1 Å². The maximum Gasteiger partial charge on any atom is 0.0701 e. The molecule has 0 atom stereocenters. The Bertz CT molecular complexity index is 2100. The summed E-state index contributed by atoms with van der Waals surface area (Å²) in [6, 6.07) is 45.5. The second-order valence-corrected chi connectivity index (χ2v) is 9.73. The predicted octanol–water partition coefficient (Wildman–Crippen LogP) is 8.94. The number of nitrogens with zero attached hydrogens (tertiary/aromatic N) is 3. The minimum absolute atomic E-state index is 0.985. The van der Waals surface area contributed by atoms with Gasteiger partial charge in [-0.05, 0) is 66.0 Å². The van der Waals surface area contributed by atoms with Crippen LogP contribution in [0.1, 0.15) is 0 Å². The van der Waals surface area contributed by atoms with E-state index >= 15 is 0 Å². The molecule has 0 spiro atoms. The van der Waals surface area contributed by atoms with Gasteiger partial charge in [-0.2, -0.15) is 0 Å². The second-order valence-electron chi connectivity index (χ2n) is 9.73. The number of hydrogen-bond donors (Lipinski definition) is 0. The van der Waals surface area contributed by atoms with Crippen LogP contribution >= 0.6 is 0 Å². The quantitative estimate of drug-likeness (QED) is 0.245. The Balaban J connectivity index is 1.39. The zero-order valence-electron chi connectivity index (χ0n) is 20.6. The molecule has 0 fully saturated rings. The van der Waals surface area contributed by atoms with Gasteiger partial charge < -0.3 is 9.13 Å². The van der Waals surface area contributed by atoms with Gasteiger partial charge in [0.05, 0.1) is 22.2 Å². The molecule has 3 nitrogen and oxygen atoms in total. The van der Waals surface area contributed by atoms with Crippen LogP contribution in [0.2, 0.25) is 0 Å². The molecule has 3 heterocycles. The van der Waals surface area contributed by atoms with Crippen molar-refractivity contribution >= 4 is 43.5 Å². The largest absolute Gasteiger partial charge is 0.317 e. The van der Waals surface area contributed by atoms with Crippen molar-refractivity contribution in [2.75, 3.05) is 0 Å².